The van der Waals surface area contributed by atoms with E-state index in [1.807, 2.05) is 0 Å². The van der Waals surface area contributed by atoms with E-state index < -0.39 is 0 Å². The summed E-state index contributed by atoms with van der Waals surface area (Å²) in [4.78, 5) is 0. The van der Waals surface area contributed by atoms with Crippen LogP contribution in [0.1, 0.15) is 112 Å². The Hall–Kier alpha value is 0. The molecule has 0 spiro atoms. The maximum Gasteiger partial charge on any atom is -0.0262 e. The monoisotopic (exact) mass is 294 g/mol. The van der Waals surface area contributed by atoms with E-state index in [0.717, 1.165) is 11.8 Å². The van der Waals surface area contributed by atoms with Crippen molar-refractivity contribution >= 4 is 0 Å². The highest BCUT2D eigenvalue weighted by molar-refractivity contribution is 4.99. The van der Waals surface area contributed by atoms with Gasteiger partial charge in [0.15, 0.2) is 0 Å². The second-order valence-electron chi connectivity index (χ2n) is 8.77. The summed E-state index contributed by atoms with van der Waals surface area (Å²) in [7, 11) is 0. The molecular weight excluding hydrogens is 252 g/mol. The maximum absolute atomic E-state index is 2.58. The predicted octanol–water partition coefficient (Wildman–Crippen LogP) is 7.62. The summed E-state index contributed by atoms with van der Waals surface area (Å²) >= 11 is 0. The average Bonchev–Trinajstić information content (AvgIpc) is 2.41. The minimum absolute atomic E-state index is 0.550. The van der Waals surface area contributed by atoms with E-state index >= 15 is 0 Å². The van der Waals surface area contributed by atoms with E-state index in [1.165, 1.54) is 70.6 Å². The molecule has 1 saturated carbocycles. The lowest BCUT2D eigenvalue weighted by Gasteiger charge is -2.56. The molecule has 0 bridgehead atoms. The molecule has 0 aromatic carbocycles. The minimum Gasteiger partial charge on any atom is -0.0654 e. The quantitative estimate of drug-likeness (QED) is 0.410. The zero-order valence-electron chi connectivity index (χ0n) is 15.9. The molecule has 0 saturated heterocycles. The summed E-state index contributed by atoms with van der Waals surface area (Å²) in [6.45, 7) is 14.8. The van der Waals surface area contributed by atoms with Gasteiger partial charge in [0.1, 0.15) is 0 Å². The molecule has 2 atom stereocenters. The largest absolute Gasteiger partial charge is 0.0654 e. The first-order valence-electron chi connectivity index (χ1n) is 9.91. The van der Waals surface area contributed by atoms with Crippen molar-refractivity contribution in [1.82, 2.24) is 0 Å². The van der Waals surface area contributed by atoms with Crippen LogP contribution in [0.5, 0.6) is 0 Å². The molecule has 2 unspecified atom stereocenters. The van der Waals surface area contributed by atoms with Crippen LogP contribution in [-0.2, 0) is 0 Å². The Morgan fingerprint density at radius 2 is 1.33 bits per heavy atom. The van der Waals surface area contributed by atoms with Gasteiger partial charge in [-0.05, 0) is 54.8 Å². The van der Waals surface area contributed by atoms with Crippen LogP contribution in [0.4, 0.5) is 0 Å². The fourth-order valence-electron chi connectivity index (χ4n) is 5.62. The average molecular weight is 295 g/mol. The zero-order chi connectivity index (χ0) is 15.9. The number of rotatable bonds is 9. The molecule has 126 valence electrons. The molecule has 0 heteroatoms. The summed E-state index contributed by atoms with van der Waals surface area (Å²) in [6.07, 6.45) is 15.8. The molecule has 0 aliphatic heterocycles. The molecule has 0 amide bonds. The molecule has 1 fully saturated rings. The van der Waals surface area contributed by atoms with Crippen LogP contribution in [0.3, 0.4) is 0 Å². The Morgan fingerprint density at radius 3 is 1.81 bits per heavy atom. The number of hydrogen-bond donors (Lipinski definition) is 0. The molecule has 0 nitrogen and oxygen atoms in total. The van der Waals surface area contributed by atoms with Crippen LogP contribution in [0.25, 0.3) is 0 Å². The van der Waals surface area contributed by atoms with Crippen molar-refractivity contribution in [1.29, 1.82) is 0 Å². The van der Waals surface area contributed by atoms with Gasteiger partial charge in [0.25, 0.3) is 0 Å². The number of unbranched alkanes of at least 4 members (excludes halogenated alkanes) is 3. The summed E-state index contributed by atoms with van der Waals surface area (Å²) in [5, 5.41) is 0. The SMILES string of the molecule is CCCCC1C(C)(C)CC(C)CC1(CCCC)CCCC. The molecule has 0 heterocycles. The molecule has 0 aromatic heterocycles. The summed E-state index contributed by atoms with van der Waals surface area (Å²) in [5.74, 6) is 1.88. The molecule has 1 aliphatic rings. The normalized spacial score (nSPS) is 27.7. The predicted molar refractivity (Wildman–Crippen MR) is 96.7 cm³/mol. The van der Waals surface area contributed by atoms with Gasteiger partial charge in [-0.15, -0.1) is 0 Å². The van der Waals surface area contributed by atoms with Gasteiger partial charge in [0.05, 0.1) is 0 Å². The van der Waals surface area contributed by atoms with Crippen LogP contribution in [0.2, 0.25) is 0 Å². The fourth-order valence-corrected chi connectivity index (χ4v) is 5.62. The van der Waals surface area contributed by atoms with Crippen molar-refractivity contribution in [3.8, 4) is 0 Å². The summed E-state index contributed by atoms with van der Waals surface area (Å²) in [5.41, 5.74) is 1.21. The third-order valence-corrected chi connectivity index (χ3v) is 6.21. The van der Waals surface area contributed by atoms with Crippen molar-refractivity contribution in [3.63, 3.8) is 0 Å². The van der Waals surface area contributed by atoms with Gasteiger partial charge in [-0.2, -0.15) is 0 Å². The van der Waals surface area contributed by atoms with Gasteiger partial charge in [-0.3, -0.25) is 0 Å². The summed E-state index contributed by atoms with van der Waals surface area (Å²) in [6, 6.07) is 0. The Bertz CT molecular complexity index is 268. The smallest absolute Gasteiger partial charge is 0.0262 e. The second-order valence-corrected chi connectivity index (χ2v) is 8.77. The highest BCUT2D eigenvalue weighted by Crippen LogP contribution is 2.59. The standard InChI is InChI=1S/C21H42/c1-7-10-13-19-20(5,6)16-18(4)17-21(19,14-11-8-2)15-12-9-3/h18-19H,7-17H2,1-6H3. The van der Waals surface area contributed by atoms with Crippen molar-refractivity contribution in [3.05, 3.63) is 0 Å². The molecule has 0 aromatic rings. The van der Waals surface area contributed by atoms with E-state index in [1.54, 1.807) is 0 Å². The maximum atomic E-state index is 2.58. The Balaban J connectivity index is 3.02. The lowest BCUT2D eigenvalue weighted by molar-refractivity contribution is -0.0569. The number of hydrogen-bond acceptors (Lipinski definition) is 0. The van der Waals surface area contributed by atoms with Crippen molar-refractivity contribution in [2.45, 2.75) is 112 Å². The van der Waals surface area contributed by atoms with Crippen LogP contribution in [0, 0.1) is 22.7 Å². The fraction of sp³-hybridized carbons (Fsp3) is 1.00. The van der Waals surface area contributed by atoms with E-state index in [4.69, 9.17) is 0 Å². The van der Waals surface area contributed by atoms with E-state index in [2.05, 4.69) is 41.5 Å². The highest BCUT2D eigenvalue weighted by atomic mass is 14.5. The van der Waals surface area contributed by atoms with Gasteiger partial charge in [0.2, 0.25) is 0 Å². The molecule has 0 radical (unpaired) electrons. The van der Waals surface area contributed by atoms with Gasteiger partial charge < -0.3 is 0 Å². The van der Waals surface area contributed by atoms with Gasteiger partial charge in [0, 0.05) is 0 Å². The highest BCUT2D eigenvalue weighted by Gasteiger charge is 2.49. The van der Waals surface area contributed by atoms with E-state index in [0.29, 0.717) is 10.8 Å². The Labute approximate surface area is 135 Å². The molecule has 1 aliphatic carbocycles. The first-order valence-corrected chi connectivity index (χ1v) is 9.91. The summed E-state index contributed by atoms with van der Waals surface area (Å²) < 4.78 is 0. The third kappa shape index (κ3) is 5.00. The molecule has 1 rings (SSSR count). The van der Waals surface area contributed by atoms with Gasteiger partial charge >= 0.3 is 0 Å². The zero-order valence-corrected chi connectivity index (χ0v) is 15.9. The Morgan fingerprint density at radius 1 is 0.810 bits per heavy atom. The van der Waals surface area contributed by atoms with Gasteiger partial charge in [-0.25, -0.2) is 0 Å². The van der Waals surface area contributed by atoms with Crippen LogP contribution in [0.15, 0.2) is 0 Å². The third-order valence-electron chi connectivity index (χ3n) is 6.21. The van der Waals surface area contributed by atoms with Crippen molar-refractivity contribution < 1.29 is 0 Å². The van der Waals surface area contributed by atoms with Gasteiger partial charge in [-0.1, -0.05) is 80.1 Å². The molecule has 0 N–H and O–H groups in total. The first kappa shape index (κ1) is 19.0. The molecular formula is C21H42. The van der Waals surface area contributed by atoms with Crippen molar-refractivity contribution in [2.75, 3.05) is 0 Å². The van der Waals surface area contributed by atoms with Crippen LogP contribution in [-0.4, -0.2) is 0 Å². The minimum atomic E-state index is 0.550. The van der Waals surface area contributed by atoms with Crippen molar-refractivity contribution in [2.24, 2.45) is 22.7 Å². The van der Waals surface area contributed by atoms with Crippen LogP contribution >= 0.6 is 0 Å². The Kier molecular flexibility index (Phi) is 7.79. The lowest BCUT2D eigenvalue weighted by Crippen LogP contribution is -2.46. The topological polar surface area (TPSA) is 0 Å². The van der Waals surface area contributed by atoms with Crippen LogP contribution < -0.4 is 0 Å². The van der Waals surface area contributed by atoms with E-state index in [9.17, 15) is 0 Å². The second kappa shape index (κ2) is 8.59. The van der Waals surface area contributed by atoms with E-state index in [-0.39, 0.29) is 0 Å². The lowest BCUT2D eigenvalue weighted by atomic mass is 9.49. The molecule has 21 heavy (non-hydrogen) atoms. The first-order chi connectivity index (χ1) is 9.91.